The summed E-state index contributed by atoms with van der Waals surface area (Å²) in [5.41, 5.74) is 2.21. The summed E-state index contributed by atoms with van der Waals surface area (Å²) >= 11 is 0. The number of nitrogens with one attached hydrogen (secondary N) is 1. The molecular weight excluding hydrogens is 240 g/mol. The van der Waals surface area contributed by atoms with E-state index in [1.54, 1.807) is 12.1 Å². The monoisotopic (exact) mass is 254 g/mol. The van der Waals surface area contributed by atoms with Crippen LogP contribution in [0.2, 0.25) is 0 Å². The Labute approximate surface area is 110 Å². The van der Waals surface area contributed by atoms with Crippen LogP contribution in [0.5, 0.6) is 0 Å². The van der Waals surface area contributed by atoms with Gasteiger partial charge in [0.2, 0.25) is 0 Å². The van der Waals surface area contributed by atoms with Gasteiger partial charge in [-0.1, -0.05) is 18.2 Å². The predicted molar refractivity (Wildman–Crippen MR) is 72.8 cm³/mol. The molecule has 4 heteroatoms. The molecule has 0 saturated carbocycles. The Kier molecular flexibility index (Phi) is 2.83. The average molecular weight is 254 g/mol. The van der Waals surface area contributed by atoms with Gasteiger partial charge in [-0.15, -0.1) is 0 Å². The SMILES string of the molecule is Cn1c(CNC(=O)c2ccco2)cc2ccccc21. The quantitative estimate of drug-likeness (QED) is 0.781. The van der Waals surface area contributed by atoms with Gasteiger partial charge in [-0.25, -0.2) is 0 Å². The summed E-state index contributed by atoms with van der Waals surface area (Å²) in [4.78, 5) is 11.8. The normalized spacial score (nSPS) is 10.8. The van der Waals surface area contributed by atoms with E-state index >= 15 is 0 Å². The van der Waals surface area contributed by atoms with Gasteiger partial charge in [-0.2, -0.15) is 0 Å². The van der Waals surface area contributed by atoms with Crippen LogP contribution in [-0.2, 0) is 13.6 Å². The largest absolute Gasteiger partial charge is 0.459 e. The number of aryl methyl sites for hydroxylation is 1. The molecule has 0 saturated heterocycles. The summed E-state index contributed by atoms with van der Waals surface area (Å²) in [6.45, 7) is 0.477. The van der Waals surface area contributed by atoms with Crippen LogP contribution in [0.25, 0.3) is 10.9 Å². The molecule has 0 bridgehead atoms. The fourth-order valence-electron chi connectivity index (χ4n) is 2.18. The molecule has 4 nitrogen and oxygen atoms in total. The molecule has 3 rings (SSSR count). The highest BCUT2D eigenvalue weighted by molar-refractivity contribution is 5.91. The summed E-state index contributed by atoms with van der Waals surface area (Å²) < 4.78 is 7.14. The average Bonchev–Trinajstić information content (AvgIpc) is 3.05. The van der Waals surface area contributed by atoms with Crippen LogP contribution in [-0.4, -0.2) is 10.5 Å². The fraction of sp³-hybridized carbons (Fsp3) is 0.133. The highest BCUT2D eigenvalue weighted by Gasteiger charge is 2.10. The number of carbonyl (C=O) groups excluding carboxylic acids is 1. The summed E-state index contributed by atoms with van der Waals surface area (Å²) in [5.74, 6) is 0.133. The molecule has 0 radical (unpaired) electrons. The lowest BCUT2D eigenvalue weighted by atomic mass is 10.2. The van der Waals surface area contributed by atoms with E-state index in [1.807, 2.05) is 19.2 Å². The van der Waals surface area contributed by atoms with Gasteiger partial charge in [0.05, 0.1) is 12.8 Å². The van der Waals surface area contributed by atoms with Crippen LogP contribution < -0.4 is 5.32 Å². The number of furan rings is 1. The number of hydrogen-bond donors (Lipinski definition) is 1. The third kappa shape index (κ3) is 2.12. The van der Waals surface area contributed by atoms with E-state index in [0.717, 1.165) is 11.2 Å². The first-order valence-corrected chi connectivity index (χ1v) is 6.11. The highest BCUT2D eigenvalue weighted by Crippen LogP contribution is 2.18. The Bertz CT molecular complexity index is 711. The van der Waals surface area contributed by atoms with Gasteiger partial charge in [0.15, 0.2) is 5.76 Å². The zero-order chi connectivity index (χ0) is 13.2. The molecule has 0 aliphatic rings. The molecule has 2 heterocycles. The number of rotatable bonds is 3. The first-order valence-electron chi connectivity index (χ1n) is 6.11. The maximum atomic E-state index is 11.8. The standard InChI is InChI=1S/C15H14N2O2/c1-17-12(9-11-5-2-3-6-13(11)17)10-16-15(18)14-7-4-8-19-14/h2-9H,10H2,1H3,(H,16,18). The Morgan fingerprint density at radius 2 is 2.11 bits per heavy atom. The lowest BCUT2D eigenvalue weighted by Crippen LogP contribution is -2.23. The Morgan fingerprint density at radius 1 is 1.26 bits per heavy atom. The second-order valence-electron chi connectivity index (χ2n) is 4.41. The number of amides is 1. The first-order chi connectivity index (χ1) is 9.25. The molecule has 0 spiro atoms. The van der Waals surface area contributed by atoms with Crippen molar-refractivity contribution in [2.45, 2.75) is 6.54 Å². The van der Waals surface area contributed by atoms with Gasteiger partial charge in [-0.05, 0) is 29.7 Å². The number of fused-ring (bicyclic) bond motifs is 1. The van der Waals surface area contributed by atoms with Crippen LogP contribution in [0.4, 0.5) is 0 Å². The number of para-hydroxylation sites is 1. The number of aromatic nitrogens is 1. The molecular formula is C15H14N2O2. The minimum atomic E-state index is -0.199. The van der Waals surface area contributed by atoms with E-state index < -0.39 is 0 Å². The van der Waals surface area contributed by atoms with Crippen molar-refractivity contribution in [3.05, 3.63) is 60.2 Å². The third-order valence-electron chi connectivity index (χ3n) is 3.23. The van der Waals surface area contributed by atoms with Crippen LogP contribution >= 0.6 is 0 Å². The second kappa shape index (κ2) is 4.65. The Balaban J connectivity index is 1.79. The zero-order valence-electron chi connectivity index (χ0n) is 10.6. The molecule has 0 aliphatic heterocycles. The van der Waals surface area contributed by atoms with Crippen molar-refractivity contribution in [1.29, 1.82) is 0 Å². The van der Waals surface area contributed by atoms with E-state index in [9.17, 15) is 4.79 Å². The molecule has 1 amide bonds. The lowest BCUT2D eigenvalue weighted by Gasteiger charge is -2.05. The van der Waals surface area contributed by atoms with Crippen molar-refractivity contribution in [2.24, 2.45) is 7.05 Å². The number of hydrogen-bond acceptors (Lipinski definition) is 2. The van der Waals surface area contributed by atoms with E-state index in [2.05, 4.69) is 28.1 Å². The number of benzene rings is 1. The minimum absolute atomic E-state index is 0.199. The fourth-order valence-corrected chi connectivity index (χ4v) is 2.18. The molecule has 0 aliphatic carbocycles. The van der Waals surface area contributed by atoms with E-state index in [1.165, 1.54) is 11.6 Å². The Morgan fingerprint density at radius 3 is 2.84 bits per heavy atom. The van der Waals surface area contributed by atoms with Crippen molar-refractivity contribution in [3.8, 4) is 0 Å². The summed E-state index contributed by atoms with van der Waals surface area (Å²) in [5, 5.41) is 4.02. The maximum Gasteiger partial charge on any atom is 0.287 e. The van der Waals surface area contributed by atoms with Gasteiger partial charge in [0, 0.05) is 18.3 Å². The second-order valence-corrected chi connectivity index (χ2v) is 4.41. The van der Waals surface area contributed by atoms with E-state index in [0.29, 0.717) is 12.3 Å². The highest BCUT2D eigenvalue weighted by atomic mass is 16.3. The molecule has 0 fully saturated rings. The van der Waals surface area contributed by atoms with Crippen molar-refractivity contribution >= 4 is 16.8 Å². The summed E-state index contributed by atoms with van der Waals surface area (Å²) in [6.07, 6.45) is 1.49. The van der Waals surface area contributed by atoms with Crippen molar-refractivity contribution in [2.75, 3.05) is 0 Å². The molecule has 3 aromatic rings. The molecule has 19 heavy (non-hydrogen) atoms. The van der Waals surface area contributed by atoms with Crippen molar-refractivity contribution < 1.29 is 9.21 Å². The smallest absolute Gasteiger partial charge is 0.287 e. The van der Waals surface area contributed by atoms with Gasteiger partial charge in [0.25, 0.3) is 5.91 Å². The summed E-state index contributed by atoms with van der Waals surface area (Å²) in [7, 11) is 2.00. The van der Waals surface area contributed by atoms with Gasteiger partial charge < -0.3 is 14.3 Å². The minimum Gasteiger partial charge on any atom is -0.459 e. The first kappa shape index (κ1) is 11.6. The zero-order valence-corrected chi connectivity index (χ0v) is 10.6. The maximum absolute atomic E-state index is 11.8. The topological polar surface area (TPSA) is 47.2 Å². The lowest BCUT2D eigenvalue weighted by molar-refractivity contribution is 0.0922. The summed E-state index contributed by atoms with van der Waals surface area (Å²) in [6, 6.07) is 13.6. The predicted octanol–water partition coefficient (Wildman–Crippen LogP) is 2.70. The van der Waals surface area contributed by atoms with Gasteiger partial charge >= 0.3 is 0 Å². The molecule has 0 atom stereocenters. The molecule has 0 unspecified atom stereocenters. The van der Waals surface area contributed by atoms with E-state index in [4.69, 9.17) is 4.42 Å². The Hall–Kier alpha value is -2.49. The molecule has 96 valence electrons. The van der Waals surface area contributed by atoms with E-state index in [-0.39, 0.29) is 5.91 Å². The van der Waals surface area contributed by atoms with Crippen molar-refractivity contribution in [3.63, 3.8) is 0 Å². The molecule has 1 N–H and O–H groups in total. The van der Waals surface area contributed by atoms with Gasteiger partial charge in [-0.3, -0.25) is 4.79 Å². The molecule has 1 aromatic carbocycles. The van der Waals surface area contributed by atoms with Crippen LogP contribution in [0, 0.1) is 0 Å². The number of nitrogens with zero attached hydrogens (tertiary/aromatic N) is 1. The van der Waals surface area contributed by atoms with Crippen LogP contribution in [0.1, 0.15) is 16.2 Å². The van der Waals surface area contributed by atoms with Gasteiger partial charge in [0.1, 0.15) is 0 Å². The third-order valence-corrected chi connectivity index (χ3v) is 3.23. The van der Waals surface area contributed by atoms with Crippen LogP contribution in [0.15, 0.2) is 53.1 Å². The van der Waals surface area contributed by atoms with Crippen molar-refractivity contribution in [1.82, 2.24) is 9.88 Å². The number of carbonyl (C=O) groups is 1. The molecule has 2 aromatic heterocycles. The van der Waals surface area contributed by atoms with Crippen LogP contribution in [0.3, 0.4) is 0 Å².